The SMILES string of the molecule is C#CCOc1cc(C)c(Nc2ncc(Cl)c(Nc3ccccc3NC(C)=O)n2)cc1C(N)=O. The first kappa shape index (κ1) is 23.4. The molecule has 0 aliphatic heterocycles. The first-order chi connectivity index (χ1) is 15.8. The Labute approximate surface area is 195 Å². The molecule has 5 N–H and O–H groups in total. The van der Waals surface area contributed by atoms with Gasteiger partial charge in [-0.3, -0.25) is 9.59 Å². The van der Waals surface area contributed by atoms with E-state index >= 15 is 0 Å². The molecule has 0 radical (unpaired) electrons. The number of amides is 2. The molecule has 0 bridgehead atoms. The van der Waals surface area contributed by atoms with Crippen molar-refractivity contribution in [3.63, 3.8) is 0 Å². The molecule has 168 valence electrons. The molecule has 3 rings (SSSR count). The standard InChI is InChI=1S/C23H21ClN6O3/c1-4-9-33-20-10-13(2)19(11-15(20)21(25)32)29-23-26-12-16(24)22(30-23)28-18-8-6-5-7-17(18)27-14(3)31/h1,5-8,10-12H,9H2,2-3H3,(H2,25,32)(H,27,31)(H2,26,28,29,30). The zero-order valence-corrected chi connectivity index (χ0v) is 18.7. The average molecular weight is 465 g/mol. The molecule has 0 aliphatic carbocycles. The van der Waals surface area contributed by atoms with E-state index in [9.17, 15) is 9.59 Å². The van der Waals surface area contributed by atoms with Crippen LogP contribution < -0.4 is 26.4 Å². The van der Waals surface area contributed by atoms with E-state index in [0.29, 0.717) is 22.9 Å². The van der Waals surface area contributed by atoms with Crippen LogP contribution in [0, 0.1) is 19.3 Å². The fourth-order valence-corrected chi connectivity index (χ4v) is 3.04. The largest absolute Gasteiger partial charge is 0.480 e. The predicted molar refractivity (Wildman–Crippen MR) is 128 cm³/mol. The number of hydrogen-bond acceptors (Lipinski definition) is 7. The number of benzene rings is 2. The third kappa shape index (κ3) is 5.90. The number of anilines is 5. The topological polar surface area (TPSA) is 131 Å². The molecule has 0 aliphatic rings. The third-order valence-corrected chi connectivity index (χ3v) is 4.66. The molecule has 33 heavy (non-hydrogen) atoms. The number of carbonyl (C=O) groups is 2. The fraction of sp³-hybridized carbons (Fsp3) is 0.130. The average Bonchev–Trinajstić information content (AvgIpc) is 2.76. The molecular formula is C23H21ClN6O3. The van der Waals surface area contributed by atoms with Crippen molar-refractivity contribution in [2.45, 2.75) is 13.8 Å². The van der Waals surface area contributed by atoms with Crippen LogP contribution in [0.1, 0.15) is 22.8 Å². The van der Waals surface area contributed by atoms with Gasteiger partial charge in [0.2, 0.25) is 11.9 Å². The first-order valence-corrected chi connectivity index (χ1v) is 10.1. The summed E-state index contributed by atoms with van der Waals surface area (Å²) < 4.78 is 5.42. The number of primary amides is 1. The normalized spacial score (nSPS) is 10.1. The Kier molecular flexibility index (Phi) is 7.33. The monoisotopic (exact) mass is 464 g/mol. The molecule has 0 unspecified atom stereocenters. The number of terminal acetylenes is 1. The van der Waals surface area contributed by atoms with Crippen molar-refractivity contribution in [1.82, 2.24) is 9.97 Å². The van der Waals surface area contributed by atoms with Gasteiger partial charge < -0.3 is 26.4 Å². The second-order valence-electron chi connectivity index (χ2n) is 6.89. The Hall–Kier alpha value is -4.29. The molecule has 1 heterocycles. The van der Waals surface area contributed by atoms with Crippen LogP contribution in [-0.2, 0) is 4.79 Å². The molecule has 0 fully saturated rings. The van der Waals surface area contributed by atoms with E-state index in [2.05, 4.69) is 31.8 Å². The van der Waals surface area contributed by atoms with Crippen LogP contribution in [0.5, 0.6) is 5.75 Å². The Bertz CT molecular complexity index is 1260. The summed E-state index contributed by atoms with van der Waals surface area (Å²) in [4.78, 5) is 32.0. The Morgan fingerprint density at radius 1 is 1.18 bits per heavy atom. The second kappa shape index (κ2) is 10.3. The summed E-state index contributed by atoms with van der Waals surface area (Å²) in [6.45, 7) is 3.23. The van der Waals surface area contributed by atoms with Crippen molar-refractivity contribution in [2.75, 3.05) is 22.6 Å². The lowest BCUT2D eigenvalue weighted by molar-refractivity contribution is -0.114. The molecule has 0 spiro atoms. The summed E-state index contributed by atoms with van der Waals surface area (Å²) in [7, 11) is 0. The van der Waals surface area contributed by atoms with Crippen LogP contribution >= 0.6 is 11.6 Å². The highest BCUT2D eigenvalue weighted by molar-refractivity contribution is 6.33. The number of halogens is 1. The van der Waals surface area contributed by atoms with Gasteiger partial charge in [0.25, 0.3) is 5.91 Å². The van der Waals surface area contributed by atoms with Crippen LogP contribution in [0.2, 0.25) is 5.02 Å². The number of aromatic nitrogens is 2. The van der Waals surface area contributed by atoms with Crippen molar-refractivity contribution < 1.29 is 14.3 Å². The van der Waals surface area contributed by atoms with Gasteiger partial charge in [-0.05, 0) is 36.8 Å². The van der Waals surface area contributed by atoms with Crippen LogP contribution in [0.15, 0.2) is 42.6 Å². The van der Waals surface area contributed by atoms with Crippen molar-refractivity contribution in [3.05, 3.63) is 58.7 Å². The lowest BCUT2D eigenvalue weighted by Crippen LogP contribution is -2.14. The van der Waals surface area contributed by atoms with Gasteiger partial charge in [0.05, 0.1) is 23.1 Å². The maximum absolute atomic E-state index is 11.9. The highest BCUT2D eigenvalue weighted by Gasteiger charge is 2.15. The minimum Gasteiger partial charge on any atom is -0.480 e. The summed E-state index contributed by atoms with van der Waals surface area (Å²) in [5, 5.41) is 9.16. The third-order valence-electron chi connectivity index (χ3n) is 4.38. The van der Waals surface area contributed by atoms with Crippen LogP contribution in [0.3, 0.4) is 0 Å². The highest BCUT2D eigenvalue weighted by Crippen LogP contribution is 2.31. The minimum absolute atomic E-state index is 0.00177. The number of hydrogen-bond donors (Lipinski definition) is 4. The lowest BCUT2D eigenvalue weighted by atomic mass is 10.1. The van der Waals surface area contributed by atoms with Gasteiger partial charge >= 0.3 is 0 Å². The Morgan fingerprint density at radius 2 is 1.91 bits per heavy atom. The first-order valence-electron chi connectivity index (χ1n) is 9.72. The summed E-state index contributed by atoms with van der Waals surface area (Å²) in [6, 6.07) is 10.3. The lowest BCUT2D eigenvalue weighted by Gasteiger charge is -2.15. The molecule has 2 aromatic carbocycles. The van der Waals surface area contributed by atoms with E-state index in [1.54, 1.807) is 36.4 Å². The van der Waals surface area contributed by atoms with Crippen LogP contribution in [0.4, 0.5) is 28.8 Å². The van der Waals surface area contributed by atoms with Gasteiger partial charge in [-0.2, -0.15) is 4.98 Å². The number of aryl methyl sites for hydroxylation is 1. The highest BCUT2D eigenvalue weighted by atomic mass is 35.5. The molecule has 9 nitrogen and oxygen atoms in total. The summed E-state index contributed by atoms with van der Waals surface area (Å²) >= 11 is 6.28. The zero-order chi connectivity index (χ0) is 24.0. The van der Waals surface area contributed by atoms with Gasteiger partial charge in [-0.25, -0.2) is 4.98 Å². The molecule has 0 atom stereocenters. The summed E-state index contributed by atoms with van der Waals surface area (Å²) in [5.41, 5.74) is 8.11. The second-order valence-corrected chi connectivity index (χ2v) is 7.29. The van der Waals surface area contributed by atoms with Crippen LogP contribution in [0.25, 0.3) is 0 Å². The molecular weight excluding hydrogens is 444 g/mol. The van der Waals surface area contributed by atoms with Gasteiger partial charge in [0, 0.05) is 12.6 Å². The van der Waals surface area contributed by atoms with Gasteiger partial charge in [0.15, 0.2) is 5.82 Å². The quantitative estimate of drug-likeness (QED) is 0.370. The van der Waals surface area contributed by atoms with Gasteiger partial charge in [-0.15, -0.1) is 6.42 Å². The Morgan fingerprint density at radius 3 is 2.58 bits per heavy atom. The van der Waals surface area contributed by atoms with Crippen molar-refractivity contribution in [2.24, 2.45) is 5.73 Å². The predicted octanol–water partition coefficient (Wildman–Crippen LogP) is 3.99. The summed E-state index contributed by atoms with van der Waals surface area (Å²) in [5.74, 6) is 2.29. The van der Waals surface area contributed by atoms with E-state index in [0.717, 1.165) is 5.56 Å². The van der Waals surface area contributed by atoms with E-state index in [1.165, 1.54) is 13.1 Å². The minimum atomic E-state index is -0.668. The maximum atomic E-state index is 11.9. The smallest absolute Gasteiger partial charge is 0.252 e. The van der Waals surface area contributed by atoms with Gasteiger partial charge in [0.1, 0.15) is 17.4 Å². The van der Waals surface area contributed by atoms with Crippen LogP contribution in [-0.4, -0.2) is 28.4 Å². The molecule has 0 saturated heterocycles. The van der Waals surface area contributed by atoms with Crippen molar-refractivity contribution in [3.8, 4) is 18.1 Å². The van der Waals surface area contributed by atoms with Crippen molar-refractivity contribution >= 4 is 52.2 Å². The molecule has 2 amide bonds. The number of nitrogens with one attached hydrogen (secondary N) is 3. The number of rotatable bonds is 8. The Balaban J connectivity index is 1.91. The number of para-hydroxylation sites is 2. The zero-order valence-electron chi connectivity index (χ0n) is 17.9. The van der Waals surface area contributed by atoms with Crippen molar-refractivity contribution in [1.29, 1.82) is 0 Å². The number of ether oxygens (including phenoxy) is 1. The molecule has 1 aromatic heterocycles. The molecule has 3 aromatic rings. The number of carbonyl (C=O) groups excluding carboxylic acids is 2. The molecule has 10 heteroatoms. The van der Waals surface area contributed by atoms with E-state index in [4.69, 9.17) is 28.5 Å². The number of nitrogens with zero attached hydrogens (tertiary/aromatic N) is 2. The number of nitrogens with two attached hydrogens (primary N) is 1. The van der Waals surface area contributed by atoms with E-state index in [1.807, 2.05) is 6.92 Å². The van der Waals surface area contributed by atoms with E-state index < -0.39 is 5.91 Å². The van der Waals surface area contributed by atoms with Gasteiger partial charge in [-0.1, -0.05) is 29.7 Å². The summed E-state index contributed by atoms with van der Waals surface area (Å²) in [6.07, 6.45) is 6.66. The fourth-order valence-electron chi connectivity index (χ4n) is 2.90. The molecule has 0 saturated carbocycles. The van der Waals surface area contributed by atoms with E-state index in [-0.39, 0.29) is 34.8 Å². The maximum Gasteiger partial charge on any atom is 0.252 e.